The third-order valence-electron chi connectivity index (χ3n) is 5.50. The van der Waals surface area contributed by atoms with Crippen LogP contribution in [0.15, 0.2) is 73.2 Å². The second-order valence-corrected chi connectivity index (χ2v) is 9.42. The second kappa shape index (κ2) is 10.5. The Hall–Kier alpha value is -4.00. The number of benzene rings is 2. The van der Waals surface area contributed by atoms with E-state index in [0.29, 0.717) is 37.1 Å². The lowest BCUT2D eigenvalue weighted by Crippen LogP contribution is -2.38. The average molecular weight is 471 g/mol. The van der Waals surface area contributed by atoms with Gasteiger partial charge in [-0.3, -0.25) is 14.8 Å². The predicted molar refractivity (Wildman–Crippen MR) is 137 cm³/mol. The van der Waals surface area contributed by atoms with E-state index in [4.69, 9.17) is 4.74 Å². The van der Waals surface area contributed by atoms with E-state index in [9.17, 15) is 9.59 Å². The standard InChI is InChI=1S/C28H30N4O3/c1-28(2,3)35-27(34)32(19-20-9-6-13-29-18-20)16-8-15-31-26(33)24-17-21-10-4-5-11-22(21)23-12-7-14-30-25(23)24/h4-7,9-14,17-18H,8,15-16,19H2,1-3H3,(H,31,33). The topological polar surface area (TPSA) is 84.4 Å². The number of carbonyl (C=O) groups excluding carboxylic acids is 2. The van der Waals surface area contributed by atoms with E-state index in [-0.39, 0.29) is 5.91 Å². The van der Waals surface area contributed by atoms with E-state index in [1.54, 1.807) is 23.5 Å². The predicted octanol–water partition coefficient (Wildman–Crippen LogP) is 5.34. The molecule has 0 spiro atoms. The molecule has 0 saturated carbocycles. The van der Waals surface area contributed by atoms with E-state index in [2.05, 4.69) is 15.3 Å². The first-order chi connectivity index (χ1) is 16.8. The molecule has 0 aliphatic carbocycles. The van der Waals surface area contributed by atoms with Crippen LogP contribution in [0.3, 0.4) is 0 Å². The first-order valence-corrected chi connectivity index (χ1v) is 11.7. The molecule has 7 heteroatoms. The highest BCUT2D eigenvalue weighted by molar-refractivity contribution is 6.15. The molecule has 0 atom stereocenters. The molecule has 0 bridgehead atoms. The highest BCUT2D eigenvalue weighted by Gasteiger charge is 2.22. The number of ether oxygens (including phenoxy) is 1. The molecule has 4 rings (SSSR count). The maximum absolute atomic E-state index is 13.1. The van der Waals surface area contributed by atoms with Crippen LogP contribution >= 0.6 is 0 Å². The number of nitrogens with zero attached hydrogens (tertiary/aromatic N) is 3. The molecule has 35 heavy (non-hydrogen) atoms. The molecule has 0 unspecified atom stereocenters. The molecule has 2 heterocycles. The van der Waals surface area contributed by atoms with E-state index < -0.39 is 11.7 Å². The van der Waals surface area contributed by atoms with Gasteiger partial charge in [0, 0.05) is 37.1 Å². The summed E-state index contributed by atoms with van der Waals surface area (Å²) in [6.45, 7) is 6.75. The van der Waals surface area contributed by atoms with Gasteiger partial charge >= 0.3 is 6.09 Å². The molecule has 4 aromatic rings. The van der Waals surface area contributed by atoms with Crippen LogP contribution < -0.4 is 5.32 Å². The van der Waals surface area contributed by atoms with Crippen LogP contribution in [-0.2, 0) is 11.3 Å². The number of hydrogen-bond acceptors (Lipinski definition) is 5. The molecular formula is C28H30N4O3. The fourth-order valence-corrected chi connectivity index (χ4v) is 3.94. The maximum atomic E-state index is 13.1. The van der Waals surface area contributed by atoms with Crippen LogP contribution in [0.2, 0.25) is 0 Å². The van der Waals surface area contributed by atoms with Gasteiger partial charge in [-0.05, 0) is 61.7 Å². The molecule has 180 valence electrons. The van der Waals surface area contributed by atoms with Crippen LogP contribution in [0.4, 0.5) is 4.79 Å². The van der Waals surface area contributed by atoms with Crippen molar-refractivity contribution in [3.63, 3.8) is 0 Å². The summed E-state index contributed by atoms with van der Waals surface area (Å²) in [4.78, 5) is 36.1. The van der Waals surface area contributed by atoms with Gasteiger partial charge in [0.1, 0.15) is 5.60 Å². The Morgan fingerprint density at radius 3 is 2.54 bits per heavy atom. The average Bonchev–Trinajstić information content (AvgIpc) is 2.84. The van der Waals surface area contributed by atoms with Crippen molar-refractivity contribution in [2.45, 2.75) is 39.3 Å². The summed E-state index contributed by atoms with van der Waals surface area (Å²) in [6.07, 6.45) is 5.31. The number of pyridine rings is 2. The van der Waals surface area contributed by atoms with Crippen molar-refractivity contribution in [1.82, 2.24) is 20.2 Å². The van der Waals surface area contributed by atoms with Gasteiger partial charge in [-0.15, -0.1) is 0 Å². The third-order valence-corrected chi connectivity index (χ3v) is 5.50. The minimum Gasteiger partial charge on any atom is -0.444 e. The Morgan fingerprint density at radius 2 is 1.77 bits per heavy atom. The van der Waals surface area contributed by atoms with Gasteiger partial charge in [-0.1, -0.05) is 36.4 Å². The fourth-order valence-electron chi connectivity index (χ4n) is 3.94. The van der Waals surface area contributed by atoms with E-state index in [1.807, 2.05) is 75.4 Å². The Balaban J connectivity index is 1.43. The summed E-state index contributed by atoms with van der Waals surface area (Å²) in [7, 11) is 0. The first kappa shape index (κ1) is 24.1. The lowest BCUT2D eigenvalue weighted by Gasteiger charge is -2.27. The number of fused-ring (bicyclic) bond motifs is 3. The molecule has 0 fully saturated rings. The van der Waals surface area contributed by atoms with Crippen molar-refractivity contribution in [1.29, 1.82) is 0 Å². The van der Waals surface area contributed by atoms with Crippen LogP contribution in [0.5, 0.6) is 0 Å². The largest absolute Gasteiger partial charge is 0.444 e. The summed E-state index contributed by atoms with van der Waals surface area (Å²) < 4.78 is 5.58. The zero-order chi connectivity index (χ0) is 24.8. The monoisotopic (exact) mass is 470 g/mol. The number of hydrogen-bond donors (Lipinski definition) is 1. The van der Waals surface area contributed by atoms with Gasteiger partial charge in [0.2, 0.25) is 0 Å². The Morgan fingerprint density at radius 1 is 1.00 bits per heavy atom. The highest BCUT2D eigenvalue weighted by Crippen LogP contribution is 2.27. The van der Waals surface area contributed by atoms with Crippen molar-refractivity contribution < 1.29 is 14.3 Å². The Bertz CT molecular complexity index is 1330. The van der Waals surface area contributed by atoms with Gasteiger partial charge in [0.15, 0.2) is 0 Å². The molecule has 0 radical (unpaired) electrons. The minimum absolute atomic E-state index is 0.185. The molecule has 1 N–H and O–H groups in total. The third kappa shape index (κ3) is 6.12. The molecule has 0 aliphatic heterocycles. The fraction of sp³-hybridized carbons (Fsp3) is 0.286. The quantitative estimate of drug-likeness (QED) is 0.291. The van der Waals surface area contributed by atoms with E-state index >= 15 is 0 Å². The normalized spacial score (nSPS) is 11.4. The molecule has 2 aromatic carbocycles. The van der Waals surface area contributed by atoms with Crippen molar-refractivity contribution in [3.8, 4) is 0 Å². The van der Waals surface area contributed by atoms with E-state index in [0.717, 1.165) is 21.7 Å². The van der Waals surface area contributed by atoms with Crippen LogP contribution in [0.1, 0.15) is 43.1 Å². The smallest absolute Gasteiger partial charge is 0.410 e. The van der Waals surface area contributed by atoms with Gasteiger partial charge < -0.3 is 15.0 Å². The number of carbonyl (C=O) groups is 2. The summed E-state index contributed by atoms with van der Waals surface area (Å²) in [5, 5.41) is 6.00. The lowest BCUT2D eigenvalue weighted by molar-refractivity contribution is 0.0232. The first-order valence-electron chi connectivity index (χ1n) is 11.7. The van der Waals surface area contributed by atoms with E-state index in [1.165, 1.54) is 0 Å². The van der Waals surface area contributed by atoms with Gasteiger partial charge in [-0.25, -0.2) is 4.79 Å². The molecule has 2 aromatic heterocycles. The number of aromatic nitrogens is 2. The molecule has 2 amide bonds. The molecular weight excluding hydrogens is 440 g/mol. The van der Waals surface area contributed by atoms with Gasteiger partial charge in [0.25, 0.3) is 5.91 Å². The minimum atomic E-state index is -0.595. The van der Waals surface area contributed by atoms with Gasteiger partial charge in [0.05, 0.1) is 17.6 Å². The van der Waals surface area contributed by atoms with Crippen LogP contribution in [0, 0.1) is 0 Å². The molecule has 0 aliphatic rings. The maximum Gasteiger partial charge on any atom is 0.410 e. The second-order valence-electron chi connectivity index (χ2n) is 9.42. The Kier molecular flexibility index (Phi) is 7.25. The van der Waals surface area contributed by atoms with Gasteiger partial charge in [-0.2, -0.15) is 0 Å². The van der Waals surface area contributed by atoms with Crippen molar-refractivity contribution in [3.05, 3.63) is 84.3 Å². The highest BCUT2D eigenvalue weighted by atomic mass is 16.6. The Labute approximate surface area is 205 Å². The summed E-state index contributed by atoms with van der Waals surface area (Å²) in [5.74, 6) is -0.185. The summed E-state index contributed by atoms with van der Waals surface area (Å²) in [5.41, 5.74) is 1.54. The summed E-state index contributed by atoms with van der Waals surface area (Å²) >= 11 is 0. The number of rotatable bonds is 7. The zero-order valence-corrected chi connectivity index (χ0v) is 20.3. The number of amides is 2. The van der Waals surface area contributed by atoms with Crippen molar-refractivity contribution >= 4 is 33.7 Å². The van der Waals surface area contributed by atoms with Crippen molar-refractivity contribution in [2.24, 2.45) is 0 Å². The summed E-state index contributed by atoms with van der Waals surface area (Å²) in [6, 6.07) is 17.5. The van der Waals surface area contributed by atoms with Crippen LogP contribution in [-0.4, -0.2) is 45.6 Å². The number of nitrogens with one attached hydrogen (secondary N) is 1. The van der Waals surface area contributed by atoms with Crippen molar-refractivity contribution in [2.75, 3.05) is 13.1 Å². The molecule has 7 nitrogen and oxygen atoms in total. The lowest BCUT2D eigenvalue weighted by atomic mass is 10.0. The SMILES string of the molecule is CC(C)(C)OC(=O)N(CCCNC(=O)c1cc2ccccc2c2cccnc12)Cc1cccnc1. The zero-order valence-electron chi connectivity index (χ0n) is 20.3. The van der Waals surface area contributed by atoms with Crippen LogP contribution in [0.25, 0.3) is 21.7 Å². The molecule has 0 saturated heterocycles.